The number of rotatable bonds is 7. The van der Waals surface area contributed by atoms with E-state index in [1.807, 2.05) is 32.0 Å². The van der Waals surface area contributed by atoms with Gasteiger partial charge in [0.2, 0.25) is 0 Å². The highest BCUT2D eigenvalue weighted by atomic mass is 35.5. The van der Waals surface area contributed by atoms with E-state index in [0.29, 0.717) is 10.6 Å². The topological polar surface area (TPSA) is 148 Å². The molecule has 0 spiro atoms. The maximum atomic E-state index is 13.2. The first-order chi connectivity index (χ1) is 18.5. The van der Waals surface area contributed by atoms with Crippen molar-refractivity contribution in [2.24, 2.45) is 0 Å². The summed E-state index contributed by atoms with van der Waals surface area (Å²) in [7, 11) is 0. The van der Waals surface area contributed by atoms with Crippen LogP contribution in [0.5, 0.6) is 5.75 Å². The van der Waals surface area contributed by atoms with Crippen molar-refractivity contribution in [1.82, 2.24) is 5.32 Å². The summed E-state index contributed by atoms with van der Waals surface area (Å²) in [6.45, 7) is 3.38. The molecule has 11 nitrogen and oxygen atoms in total. The number of barbiturate groups is 1. The van der Waals surface area contributed by atoms with Crippen LogP contribution >= 0.6 is 11.6 Å². The van der Waals surface area contributed by atoms with Gasteiger partial charge in [-0.05, 0) is 67.4 Å². The number of benzene rings is 3. The molecule has 0 aromatic heterocycles. The number of carbonyl (C=O) groups is 4. The molecule has 0 saturated carbocycles. The van der Waals surface area contributed by atoms with Crippen LogP contribution in [0.2, 0.25) is 5.02 Å². The summed E-state index contributed by atoms with van der Waals surface area (Å²) in [6, 6.07) is 13.7. The number of carbonyl (C=O) groups excluding carboxylic acids is 4. The molecular weight excluding hydrogens is 528 g/mol. The molecule has 2 N–H and O–H groups in total. The van der Waals surface area contributed by atoms with Gasteiger partial charge < -0.3 is 10.1 Å². The third-order valence-electron chi connectivity index (χ3n) is 5.72. The molecule has 0 radical (unpaired) electrons. The predicted octanol–water partition coefficient (Wildman–Crippen LogP) is 4.55. The summed E-state index contributed by atoms with van der Waals surface area (Å²) >= 11 is 6.13. The van der Waals surface area contributed by atoms with Crippen LogP contribution in [0.15, 0.2) is 66.2 Å². The Morgan fingerprint density at radius 2 is 1.79 bits per heavy atom. The number of nitro benzene ring substituents is 1. The zero-order valence-electron chi connectivity index (χ0n) is 20.7. The molecule has 198 valence electrons. The second-order valence-corrected chi connectivity index (χ2v) is 9.01. The van der Waals surface area contributed by atoms with Crippen molar-refractivity contribution in [3.8, 4) is 5.75 Å². The number of nitrogens with one attached hydrogen (secondary N) is 2. The lowest BCUT2D eigenvalue weighted by molar-refractivity contribution is -0.384. The average Bonchev–Trinajstić information content (AvgIpc) is 2.88. The van der Waals surface area contributed by atoms with Crippen LogP contribution < -0.4 is 20.3 Å². The van der Waals surface area contributed by atoms with E-state index in [4.69, 9.17) is 16.3 Å². The molecule has 0 atom stereocenters. The van der Waals surface area contributed by atoms with Crippen LogP contribution in [-0.4, -0.2) is 35.3 Å². The lowest BCUT2D eigenvalue weighted by Crippen LogP contribution is -2.54. The highest BCUT2D eigenvalue weighted by molar-refractivity contribution is 6.39. The van der Waals surface area contributed by atoms with Crippen LogP contribution in [0.4, 0.5) is 21.9 Å². The van der Waals surface area contributed by atoms with E-state index in [0.717, 1.165) is 23.3 Å². The van der Waals surface area contributed by atoms with E-state index in [9.17, 15) is 29.3 Å². The summed E-state index contributed by atoms with van der Waals surface area (Å²) < 4.78 is 5.67. The van der Waals surface area contributed by atoms with Gasteiger partial charge >= 0.3 is 6.03 Å². The molecule has 1 fully saturated rings. The monoisotopic (exact) mass is 548 g/mol. The molecule has 0 aliphatic carbocycles. The molecular formula is C27H21ClN4O7. The minimum atomic E-state index is -1.01. The van der Waals surface area contributed by atoms with Crippen LogP contribution in [-0.2, 0) is 14.4 Å². The molecule has 0 bridgehead atoms. The first-order valence-corrected chi connectivity index (χ1v) is 11.9. The normalized spacial score (nSPS) is 14.3. The number of hydrogen-bond donors (Lipinski definition) is 2. The smallest absolute Gasteiger partial charge is 0.335 e. The van der Waals surface area contributed by atoms with E-state index in [2.05, 4.69) is 10.6 Å². The van der Waals surface area contributed by atoms with E-state index >= 15 is 0 Å². The van der Waals surface area contributed by atoms with Crippen molar-refractivity contribution >= 4 is 58.5 Å². The number of non-ortho nitro benzene ring substituents is 1. The molecule has 5 amide bonds. The number of nitrogens with zero attached hydrogens (tertiary/aromatic N) is 2. The van der Waals surface area contributed by atoms with Gasteiger partial charge in [-0.1, -0.05) is 23.7 Å². The zero-order chi connectivity index (χ0) is 28.3. The number of hydrogen-bond acceptors (Lipinski definition) is 7. The van der Waals surface area contributed by atoms with Gasteiger partial charge in [0.05, 0.1) is 10.6 Å². The number of aryl methyl sites for hydroxylation is 2. The van der Waals surface area contributed by atoms with Gasteiger partial charge in [-0.2, -0.15) is 0 Å². The number of nitro groups is 1. The average molecular weight is 549 g/mol. The fourth-order valence-electron chi connectivity index (χ4n) is 3.73. The molecule has 1 heterocycles. The molecule has 4 rings (SSSR count). The molecule has 12 heteroatoms. The van der Waals surface area contributed by atoms with Crippen LogP contribution in [0.1, 0.15) is 16.7 Å². The fourth-order valence-corrected chi connectivity index (χ4v) is 3.92. The molecule has 0 unspecified atom stereocenters. The quantitative estimate of drug-likeness (QED) is 0.190. The highest BCUT2D eigenvalue weighted by Gasteiger charge is 2.37. The molecule has 3 aromatic carbocycles. The number of halogens is 1. The summed E-state index contributed by atoms with van der Waals surface area (Å²) in [5, 5.41) is 16.1. The first kappa shape index (κ1) is 27.0. The van der Waals surface area contributed by atoms with Gasteiger partial charge in [0.25, 0.3) is 23.4 Å². The van der Waals surface area contributed by atoms with Crippen LogP contribution in [0.25, 0.3) is 6.08 Å². The third kappa shape index (κ3) is 6.11. The van der Waals surface area contributed by atoms with Gasteiger partial charge in [-0.15, -0.1) is 0 Å². The third-order valence-corrected chi connectivity index (χ3v) is 5.95. The predicted molar refractivity (Wildman–Crippen MR) is 144 cm³/mol. The summed E-state index contributed by atoms with van der Waals surface area (Å²) in [5.41, 5.74) is 2.06. The van der Waals surface area contributed by atoms with Gasteiger partial charge in [-0.25, -0.2) is 9.69 Å². The number of imide groups is 2. The fraction of sp³-hybridized carbons (Fsp3) is 0.111. The molecule has 39 heavy (non-hydrogen) atoms. The van der Waals surface area contributed by atoms with Crippen molar-refractivity contribution in [2.45, 2.75) is 13.8 Å². The second-order valence-electron chi connectivity index (χ2n) is 8.57. The first-order valence-electron chi connectivity index (χ1n) is 11.5. The maximum absolute atomic E-state index is 13.2. The zero-order valence-corrected chi connectivity index (χ0v) is 21.4. The Hall–Kier alpha value is -5.03. The van der Waals surface area contributed by atoms with Gasteiger partial charge in [-0.3, -0.25) is 29.8 Å². The van der Waals surface area contributed by atoms with Crippen molar-refractivity contribution in [3.63, 3.8) is 0 Å². The maximum Gasteiger partial charge on any atom is 0.335 e. The summed E-state index contributed by atoms with van der Waals surface area (Å²) in [6.07, 6.45) is 1.19. The van der Waals surface area contributed by atoms with E-state index in [1.54, 1.807) is 0 Å². The largest absolute Gasteiger partial charge is 0.483 e. The molecule has 1 saturated heterocycles. The van der Waals surface area contributed by atoms with Crippen molar-refractivity contribution in [3.05, 3.63) is 98.1 Å². The van der Waals surface area contributed by atoms with Gasteiger partial charge in [0.15, 0.2) is 6.61 Å². The Morgan fingerprint density at radius 3 is 2.49 bits per heavy atom. The Labute approximate surface area is 227 Å². The Balaban J connectivity index is 1.58. The summed E-state index contributed by atoms with van der Waals surface area (Å²) in [4.78, 5) is 61.8. The van der Waals surface area contributed by atoms with Crippen LogP contribution in [0.3, 0.4) is 0 Å². The van der Waals surface area contributed by atoms with Crippen molar-refractivity contribution in [2.75, 3.05) is 16.8 Å². The lowest BCUT2D eigenvalue weighted by Gasteiger charge is -2.26. The Morgan fingerprint density at radius 1 is 1.08 bits per heavy atom. The summed E-state index contributed by atoms with van der Waals surface area (Å²) in [5.74, 6) is -2.20. The minimum Gasteiger partial charge on any atom is -0.483 e. The number of urea groups is 1. The van der Waals surface area contributed by atoms with E-state index in [1.165, 1.54) is 36.4 Å². The highest BCUT2D eigenvalue weighted by Crippen LogP contribution is 2.29. The van der Waals surface area contributed by atoms with E-state index in [-0.39, 0.29) is 34.3 Å². The standard InChI is InChI=1S/C27H21ClN4O7/c1-15-3-4-16(2)22(11-15)29-24(33)14-39-23-10-5-18(28)12-17(23)13-21-25(34)30-27(36)31(26(21)35)19-6-8-20(9-7-19)32(37)38/h3-13H,14H2,1-2H3,(H,29,33)(H,30,34,36)/b21-13-. The van der Waals surface area contributed by atoms with E-state index < -0.39 is 34.2 Å². The number of ether oxygens (including phenoxy) is 1. The Kier molecular flexibility index (Phi) is 7.73. The SMILES string of the molecule is Cc1ccc(C)c(NC(=O)COc2ccc(Cl)cc2/C=C2/C(=O)NC(=O)N(c3ccc([N+](=O)[O-])cc3)C2=O)c1. The number of amides is 5. The second kappa shape index (κ2) is 11.2. The lowest BCUT2D eigenvalue weighted by atomic mass is 10.1. The van der Waals surface area contributed by atoms with Gasteiger partial charge in [0, 0.05) is 28.4 Å². The van der Waals surface area contributed by atoms with Crippen molar-refractivity contribution < 1.29 is 28.8 Å². The van der Waals surface area contributed by atoms with Gasteiger partial charge in [0.1, 0.15) is 11.3 Å². The molecule has 3 aromatic rings. The van der Waals surface area contributed by atoms with Crippen LogP contribution in [0, 0.1) is 24.0 Å². The molecule has 1 aliphatic rings. The van der Waals surface area contributed by atoms with Crippen molar-refractivity contribution in [1.29, 1.82) is 0 Å². The minimum absolute atomic E-state index is 0.0205. The Bertz CT molecular complexity index is 1550. The number of anilines is 2. The molecule has 1 aliphatic heterocycles.